The quantitative estimate of drug-likeness (QED) is 0.805. The molecule has 0 aliphatic rings. The molecule has 1 aromatic heterocycles. The fraction of sp³-hybridized carbons (Fsp3) is 0.294. The Morgan fingerprint density at radius 1 is 1.09 bits per heavy atom. The van der Waals surface area contributed by atoms with Crippen LogP contribution in [-0.4, -0.2) is 24.2 Å². The number of pyridine rings is 1. The van der Waals surface area contributed by atoms with E-state index in [0.717, 1.165) is 17.7 Å². The van der Waals surface area contributed by atoms with E-state index in [1.165, 1.54) is 5.56 Å². The average molecular weight is 299 g/mol. The summed E-state index contributed by atoms with van der Waals surface area (Å²) >= 11 is 0. The highest BCUT2D eigenvalue weighted by Gasteiger charge is 2.01. The molecule has 0 unspecified atom stereocenters. The number of amides is 2. The maximum atomic E-state index is 11.7. The van der Waals surface area contributed by atoms with Gasteiger partial charge in [0.2, 0.25) is 0 Å². The average Bonchev–Trinajstić information content (AvgIpc) is 2.51. The van der Waals surface area contributed by atoms with Crippen LogP contribution in [0.1, 0.15) is 17.5 Å². The van der Waals surface area contributed by atoms with Gasteiger partial charge in [0.15, 0.2) is 0 Å². The Morgan fingerprint density at radius 2 is 1.82 bits per heavy atom. The minimum absolute atomic E-state index is 0.258. The SMILES string of the molecule is Cc1ccc(OCCCNC(=O)Nc2ccc(C)cn2)cc1. The number of benzene rings is 1. The number of carbonyl (C=O) groups is 1. The third kappa shape index (κ3) is 5.44. The van der Waals surface area contributed by atoms with Crippen molar-refractivity contribution in [1.82, 2.24) is 10.3 Å². The molecule has 0 aliphatic carbocycles. The van der Waals surface area contributed by atoms with Gasteiger partial charge in [-0.1, -0.05) is 23.8 Å². The first-order valence-electron chi connectivity index (χ1n) is 7.30. The number of aryl methyl sites for hydroxylation is 2. The summed E-state index contributed by atoms with van der Waals surface area (Å²) in [5.41, 5.74) is 2.26. The van der Waals surface area contributed by atoms with E-state index < -0.39 is 0 Å². The zero-order valence-corrected chi connectivity index (χ0v) is 12.9. The van der Waals surface area contributed by atoms with Gasteiger partial charge in [-0.05, 0) is 44.0 Å². The van der Waals surface area contributed by atoms with Gasteiger partial charge in [-0.3, -0.25) is 5.32 Å². The van der Waals surface area contributed by atoms with Gasteiger partial charge in [0.25, 0.3) is 0 Å². The van der Waals surface area contributed by atoms with Gasteiger partial charge in [-0.25, -0.2) is 9.78 Å². The standard InChI is InChI=1S/C17H21N3O2/c1-13-4-7-15(8-5-13)22-11-3-10-18-17(21)20-16-9-6-14(2)12-19-16/h4-9,12H,3,10-11H2,1-2H3,(H2,18,19,20,21). The summed E-state index contributed by atoms with van der Waals surface area (Å²) in [6, 6.07) is 11.3. The maximum absolute atomic E-state index is 11.7. The second-order valence-corrected chi connectivity index (χ2v) is 5.12. The molecule has 0 saturated heterocycles. The van der Waals surface area contributed by atoms with Crippen LogP contribution in [0.5, 0.6) is 5.75 Å². The van der Waals surface area contributed by atoms with E-state index >= 15 is 0 Å². The molecule has 116 valence electrons. The summed E-state index contributed by atoms with van der Waals surface area (Å²) in [6.07, 6.45) is 2.45. The molecule has 5 nitrogen and oxygen atoms in total. The number of rotatable bonds is 6. The Morgan fingerprint density at radius 3 is 2.50 bits per heavy atom. The number of carbonyl (C=O) groups excluding carboxylic acids is 1. The van der Waals surface area contributed by atoms with Crippen LogP contribution < -0.4 is 15.4 Å². The lowest BCUT2D eigenvalue weighted by Crippen LogP contribution is -2.30. The van der Waals surface area contributed by atoms with E-state index in [1.54, 1.807) is 12.3 Å². The fourth-order valence-corrected chi connectivity index (χ4v) is 1.80. The smallest absolute Gasteiger partial charge is 0.320 e. The lowest BCUT2D eigenvalue weighted by atomic mass is 10.2. The predicted molar refractivity (Wildman–Crippen MR) is 87.3 cm³/mol. The molecule has 0 radical (unpaired) electrons. The molecule has 0 fully saturated rings. The molecule has 2 amide bonds. The Kier molecular flexibility index (Phi) is 5.77. The molecule has 1 aromatic carbocycles. The summed E-state index contributed by atoms with van der Waals surface area (Å²) in [5.74, 6) is 1.39. The van der Waals surface area contributed by atoms with Gasteiger partial charge in [0.1, 0.15) is 11.6 Å². The molecule has 0 aliphatic heterocycles. The first kappa shape index (κ1) is 15.8. The highest BCUT2D eigenvalue weighted by atomic mass is 16.5. The molecule has 0 spiro atoms. The molecule has 5 heteroatoms. The van der Waals surface area contributed by atoms with Crippen LogP contribution in [-0.2, 0) is 0 Å². The summed E-state index contributed by atoms with van der Waals surface area (Å²) in [5, 5.41) is 5.45. The van der Waals surface area contributed by atoms with Crippen molar-refractivity contribution in [1.29, 1.82) is 0 Å². The first-order valence-corrected chi connectivity index (χ1v) is 7.30. The number of anilines is 1. The van der Waals surface area contributed by atoms with E-state index in [2.05, 4.69) is 15.6 Å². The van der Waals surface area contributed by atoms with Crippen LogP contribution in [0.4, 0.5) is 10.6 Å². The number of hydrogen-bond acceptors (Lipinski definition) is 3. The molecular weight excluding hydrogens is 278 g/mol. The summed E-state index contributed by atoms with van der Waals surface area (Å²) in [6.45, 7) is 5.09. The minimum atomic E-state index is -0.258. The molecule has 0 bridgehead atoms. The van der Waals surface area contributed by atoms with Crippen LogP contribution in [0, 0.1) is 13.8 Å². The van der Waals surface area contributed by atoms with Crippen molar-refractivity contribution in [2.45, 2.75) is 20.3 Å². The molecule has 2 N–H and O–H groups in total. The lowest BCUT2D eigenvalue weighted by molar-refractivity contribution is 0.250. The molecule has 2 aromatic rings. The summed E-state index contributed by atoms with van der Waals surface area (Å²) in [4.78, 5) is 15.8. The Bertz CT molecular complexity index is 594. The van der Waals surface area contributed by atoms with Crippen molar-refractivity contribution in [3.05, 3.63) is 53.7 Å². The van der Waals surface area contributed by atoms with Crippen molar-refractivity contribution in [3.63, 3.8) is 0 Å². The normalized spacial score (nSPS) is 10.1. The van der Waals surface area contributed by atoms with E-state index in [-0.39, 0.29) is 6.03 Å². The van der Waals surface area contributed by atoms with Crippen molar-refractivity contribution in [2.75, 3.05) is 18.5 Å². The van der Waals surface area contributed by atoms with Crippen LogP contribution in [0.3, 0.4) is 0 Å². The zero-order valence-electron chi connectivity index (χ0n) is 12.9. The molecule has 2 rings (SSSR count). The van der Waals surface area contributed by atoms with E-state index in [9.17, 15) is 4.79 Å². The van der Waals surface area contributed by atoms with Crippen molar-refractivity contribution < 1.29 is 9.53 Å². The van der Waals surface area contributed by atoms with Crippen LogP contribution >= 0.6 is 0 Å². The van der Waals surface area contributed by atoms with E-state index in [4.69, 9.17) is 4.74 Å². The summed E-state index contributed by atoms with van der Waals surface area (Å²) in [7, 11) is 0. The van der Waals surface area contributed by atoms with Gasteiger partial charge in [-0.15, -0.1) is 0 Å². The minimum Gasteiger partial charge on any atom is -0.494 e. The van der Waals surface area contributed by atoms with E-state index in [1.807, 2.05) is 44.2 Å². The number of ether oxygens (including phenoxy) is 1. The van der Waals surface area contributed by atoms with Crippen molar-refractivity contribution >= 4 is 11.8 Å². The second-order valence-electron chi connectivity index (χ2n) is 5.12. The van der Waals surface area contributed by atoms with E-state index in [0.29, 0.717) is 19.0 Å². The van der Waals surface area contributed by atoms with Crippen LogP contribution in [0.25, 0.3) is 0 Å². The number of hydrogen-bond donors (Lipinski definition) is 2. The van der Waals surface area contributed by atoms with Gasteiger partial charge < -0.3 is 10.1 Å². The van der Waals surface area contributed by atoms with Gasteiger partial charge in [-0.2, -0.15) is 0 Å². The van der Waals surface area contributed by atoms with Gasteiger partial charge in [0, 0.05) is 12.7 Å². The van der Waals surface area contributed by atoms with Gasteiger partial charge >= 0.3 is 6.03 Å². The highest BCUT2D eigenvalue weighted by molar-refractivity contribution is 5.88. The largest absolute Gasteiger partial charge is 0.494 e. The highest BCUT2D eigenvalue weighted by Crippen LogP contribution is 2.11. The molecule has 0 atom stereocenters. The number of nitrogens with zero attached hydrogens (tertiary/aromatic N) is 1. The first-order chi connectivity index (χ1) is 10.6. The zero-order chi connectivity index (χ0) is 15.8. The Labute approximate surface area is 130 Å². The number of urea groups is 1. The Hall–Kier alpha value is -2.56. The third-order valence-electron chi connectivity index (χ3n) is 3.05. The van der Waals surface area contributed by atoms with Crippen LogP contribution in [0.15, 0.2) is 42.6 Å². The monoisotopic (exact) mass is 299 g/mol. The molecular formula is C17H21N3O2. The topological polar surface area (TPSA) is 63.2 Å². The van der Waals surface area contributed by atoms with Gasteiger partial charge in [0.05, 0.1) is 6.61 Å². The van der Waals surface area contributed by atoms with Crippen molar-refractivity contribution in [3.8, 4) is 5.75 Å². The third-order valence-corrected chi connectivity index (χ3v) is 3.05. The Balaban J connectivity index is 1.61. The maximum Gasteiger partial charge on any atom is 0.320 e. The van der Waals surface area contributed by atoms with Crippen LogP contribution in [0.2, 0.25) is 0 Å². The number of nitrogens with one attached hydrogen (secondary N) is 2. The fourth-order valence-electron chi connectivity index (χ4n) is 1.80. The summed E-state index contributed by atoms with van der Waals surface area (Å²) < 4.78 is 5.59. The molecule has 0 saturated carbocycles. The second kappa shape index (κ2) is 8.02. The molecule has 1 heterocycles. The predicted octanol–water partition coefficient (Wildman–Crippen LogP) is 3.29. The number of aromatic nitrogens is 1. The lowest BCUT2D eigenvalue weighted by Gasteiger charge is -2.08. The molecule has 22 heavy (non-hydrogen) atoms. The van der Waals surface area contributed by atoms with Crippen molar-refractivity contribution in [2.24, 2.45) is 0 Å².